The number of carbonyl (C=O) groups excluding carboxylic acids is 3. The highest BCUT2D eigenvalue weighted by molar-refractivity contribution is 5.90. The molecule has 126 valence electrons. The summed E-state index contributed by atoms with van der Waals surface area (Å²) in [5, 5.41) is 2.50. The summed E-state index contributed by atoms with van der Waals surface area (Å²) in [5.74, 6) is -1.95. The number of furan rings is 1. The number of rotatable bonds is 7. The predicted octanol–water partition coefficient (Wildman–Crippen LogP) is 1.34. The average molecular weight is 331 g/mol. The molecule has 1 amide bonds. The number of nitrogens with one attached hydrogen (secondary N) is 1. The summed E-state index contributed by atoms with van der Waals surface area (Å²) in [5.41, 5.74) is 0.862. The molecule has 0 aliphatic rings. The smallest absolute Gasteiger partial charge is 0.374 e. The summed E-state index contributed by atoms with van der Waals surface area (Å²) in [4.78, 5) is 35.3. The number of methoxy groups -OCH3 is 1. The summed E-state index contributed by atoms with van der Waals surface area (Å²) in [6.45, 7) is -0.526. The van der Waals surface area contributed by atoms with Crippen molar-refractivity contribution in [3.8, 4) is 0 Å². The topological polar surface area (TPSA) is 94.8 Å². The van der Waals surface area contributed by atoms with Gasteiger partial charge in [-0.3, -0.25) is 4.79 Å². The van der Waals surface area contributed by atoms with E-state index in [1.807, 2.05) is 30.3 Å². The second-order valence-corrected chi connectivity index (χ2v) is 4.89. The lowest BCUT2D eigenvalue weighted by Crippen LogP contribution is -2.44. The number of esters is 2. The van der Waals surface area contributed by atoms with Gasteiger partial charge in [-0.2, -0.15) is 0 Å². The third-order valence-corrected chi connectivity index (χ3v) is 3.16. The maximum Gasteiger partial charge on any atom is 0.374 e. The van der Waals surface area contributed by atoms with E-state index in [0.29, 0.717) is 0 Å². The van der Waals surface area contributed by atoms with Crippen LogP contribution in [0.4, 0.5) is 0 Å². The molecular weight excluding hydrogens is 314 g/mol. The van der Waals surface area contributed by atoms with Gasteiger partial charge >= 0.3 is 11.9 Å². The minimum atomic E-state index is -0.868. The Labute approximate surface area is 138 Å². The Morgan fingerprint density at radius 1 is 1.12 bits per heavy atom. The number of hydrogen-bond donors (Lipinski definition) is 1. The minimum Gasteiger partial charge on any atom is -0.467 e. The lowest BCUT2D eigenvalue weighted by atomic mass is 10.1. The normalized spacial score (nSPS) is 11.4. The van der Waals surface area contributed by atoms with E-state index in [1.165, 1.54) is 25.5 Å². The van der Waals surface area contributed by atoms with Gasteiger partial charge in [0.2, 0.25) is 5.76 Å². The highest BCUT2D eigenvalue weighted by Gasteiger charge is 2.23. The standard InChI is InChI=1S/C17H17NO6/c1-22-16(20)13(10-12-6-3-2-4-7-12)18-15(19)11-24-17(21)14-8-5-9-23-14/h2-9,13H,10-11H2,1H3,(H,18,19)/t13-/m0/s1. The number of benzene rings is 1. The summed E-state index contributed by atoms with van der Waals surface area (Å²) >= 11 is 0. The van der Waals surface area contributed by atoms with Crippen LogP contribution in [0.25, 0.3) is 0 Å². The van der Waals surface area contributed by atoms with Crippen molar-refractivity contribution < 1.29 is 28.3 Å². The molecule has 1 aromatic heterocycles. The van der Waals surface area contributed by atoms with Crippen LogP contribution in [0.2, 0.25) is 0 Å². The third kappa shape index (κ3) is 4.98. The van der Waals surface area contributed by atoms with Gasteiger partial charge in [-0.15, -0.1) is 0 Å². The molecule has 0 spiro atoms. The second-order valence-electron chi connectivity index (χ2n) is 4.89. The molecule has 24 heavy (non-hydrogen) atoms. The molecule has 1 heterocycles. The average Bonchev–Trinajstić information content (AvgIpc) is 3.14. The van der Waals surface area contributed by atoms with E-state index in [2.05, 4.69) is 5.32 Å². The quantitative estimate of drug-likeness (QED) is 0.769. The van der Waals surface area contributed by atoms with E-state index in [1.54, 1.807) is 0 Å². The molecule has 7 nitrogen and oxygen atoms in total. The zero-order chi connectivity index (χ0) is 17.4. The van der Waals surface area contributed by atoms with E-state index in [0.717, 1.165) is 5.56 Å². The Balaban J connectivity index is 1.89. The lowest BCUT2D eigenvalue weighted by molar-refractivity contribution is -0.145. The van der Waals surface area contributed by atoms with Crippen molar-refractivity contribution in [3.05, 3.63) is 60.1 Å². The van der Waals surface area contributed by atoms with Crippen LogP contribution in [0.5, 0.6) is 0 Å². The molecule has 1 N–H and O–H groups in total. The van der Waals surface area contributed by atoms with Crippen LogP contribution in [0.3, 0.4) is 0 Å². The van der Waals surface area contributed by atoms with Gasteiger partial charge < -0.3 is 19.2 Å². The largest absolute Gasteiger partial charge is 0.467 e. The van der Waals surface area contributed by atoms with E-state index < -0.39 is 30.5 Å². The highest BCUT2D eigenvalue weighted by Crippen LogP contribution is 2.05. The minimum absolute atomic E-state index is 0.00314. The van der Waals surface area contributed by atoms with Gasteiger partial charge in [0.1, 0.15) is 6.04 Å². The van der Waals surface area contributed by atoms with Crippen LogP contribution in [-0.2, 0) is 25.5 Å². The Hall–Kier alpha value is -3.09. The molecule has 0 radical (unpaired) electrons. The fourth-order valence-corrected chi connectivity index (χ4v) is 2.02. The first-order valence-corrected chi connectivity index (χ1v) is 7.22. The van der Waals surface area contributed by atoms with Crippen molar-refractivity contribution in [2.75, 3.05) is 13.7 Å². The molecule has 0 fully saturated rings. The summed E-state index contributed by atoms with van der Waals surface area (Å²) in [6, 6.07) is 11.3. The summed E-state index contributed by atoms with van der Waals surface area (Å²) < 4.78 is 14.4. The van der Waals surface area contributed by atoms with Gasteiger partial charge in [-0.25, -0.2) is 9.59 Å². The number of hydrogen-bond acceptors (Lipinski definition) is 6. The Morgan fingerprint density at radius 3 is 2.50 bits per heavy atom. The summed E-state index contributed by atoms with van der Waals surface area (Å²) in [6.07, 6.45) is 1.59. The molecule has 0 bridgehead atoms. The number of carbonyl (C=O) groups is 3. The summed E-state index contributed by atoms with van der Waals surface area (Å²) in [7, 11) is 1.24. The van der Waals surface area contributed by atoms with Crippen LogP contribution in [0, 0.1) is 0 Å². The molecule has 0 saturated heterocycles. The molecule has 0 unspecified atom stereocenters. The van der Waals surface area contributed by atoms with Crippen LogP contribution in [0.15, 0.2) is 53.1 Å². The van der Waals surface area contributed by atoms with Crippen molar-refractivity contribution in [3.63, 3.8) is 0 Å². The number of ether oxygens (including phenoxy) is 2. The maximum absolute atomic E-state index is 11.9. The Kier molecular flexibility index (Phi) is 6.13. The van der Waals surface area contributed by atoms with E-state index in [9.17, 15) is 14.4 Å². The third-order valence-electron chi connectivity index (χ3n) is 3.16. The lowest BCUT2D eigenvalue weighted by Gasteiger charge is -2.16. The zero-order valence-corrected chi connectivity index (χ0v) is 13.1. The molecule has 2 aromatic rings. The van der Waals surface area contributed by atoms with Gasteiger partial charge in [0, 0.05) is 6.42 Å². The van der Waals surface area contributed by atoms with E-state index in [-0.39, 0.29) is 12.2 Å². The van der Waals surface area contributed by atoms with Gasteiger partial charge in [0.05, 0.1) is 13.4 Å². The van der Waals surface area contributed by atoms with Crippen molar-refractivity contribution in [2.24, 2.45) is 0 Å². The monoisotopic (exact) mass is 331 g/mol. The van der Waals surface area contributed by atoms with E-state index >= 15 is 0 Å². The molecule has 0 aliphatic carbocycles. The fraction of sp³-hybridized carbons (Fsp3) is 0.235. The first kappa shape index (κ1) is 17.3. The Morgan fingerprint density at radius 2 is 1.88 bits per heavy atom. The molecule has 7 heteroatoms. The molecule has 1 aromatic carbocycles. The first-order valence-electron chi connectivity index (χ1n) is 7.22. The predicted molar refractivity (Wildman–Crippen MR) is 83.1 cm³/mol. The van der Waals surface area contributed by atoms with Gasteiger partial charge in [-0.1, -0.05) is 30.3 Å². The van der Waals surface area contributed by atoms with Crippen molar-refractivity contribution in [1.82, 2.24) is 5.32 Å². The van der Waals surface area contributed by atoms with Gasteiger partial charge in [0.15, 0.2) is 6.61 Å². The molecule has 0 aliphatic heterocycles. The first-order chi connectivity index (χ1) is 11.6. The van der Waals surface area contributed by atoms with Crippen molar-refractivity contribution in [1.29, 1.82) is 0 Å². The maximum atomic E-state index is 11.9. The van der Waals surface area contributed by atoms with Crippen LogP contribution in [-0.4, -0.2) is 37.6 Å². The van der Waals surface area contributed by atoms with Crippen LogP contribution in [0.1, 0.15) is 16.1 Å². The van der Waals surface area contributed by atoms with Crippen LogP contribution >= 0.6 is 0 Å². The highest BCUT2D eigenvalue weighted by atomic mass is 16.5. The van der Waals surface area contributed by atoms with Gasteiger partial charge in [-0.05, 0) is 17.7 Å². The fourth-order valence-electron chi connectivity index (χ4n) is 2.02. The van der Waals surface area contributed by atoms with Crippen molar-refractivity contribution >= 4 is 17.8 Å². The second kappa shape index (κ2) is 8.52. The molecule has 2 rings (SSSR count). The molecular formula is C17H17NO6. The van der Waals surface area contributed by atoms with Crippen LogP contribution < -0.4 is 5.32 Å². The molecule has 1 atom stereocenters. The zero-order valence-electron chi connectivity index (χ0n) is 13.1. The van der Waals surface area contributed by atoms with Crippen molar-refractivity contribution in [2.45, 2.75) is 12.5 Å². The SMILES string of the molecule is COC(=O)[C@H](Cc1ccccc1)NC(=O)COC(=O)c1ccco1. The van der Waals surface area contributed by atoms with Gasteiger partial charge in [0.25, 0.3) is 5.91 Å². The van der Waals surface area contributed by atoms with E-state index in [4.69, 9.17) is 13.9 Å². The molecule has 0 saturated carbocycles. The Bertz CT molecular complexity index is 680. The number of amides is 1.